The highest BCUT2D eigenvalue weighted by molar-refractivity contribution is 5.27. The zero-order chi connectivity index (χ0) is 14.6. The van der Waals surface area contributed by atoms with E-state index in [-0.39, 0.29) is 5.41 Å². The van der Waals surface area contributed by atoms with Gasteiger partial charge in [0.2, 0.25) is 0 Å². The first-order chi connectivity index (χ1) is 9.49. The molecule has 2 unspecified atom stereocenters. The second-order valence-electron chi connectivity index (χ2n) is 7.44. The van der Waals surface area contributed by atoms with Crippen LogP contribution in [0.3, 0.4) is 0 Å². The van der Waals surface area contributed by atoms with Crippen LogP contribution in [-0.2, 0) is 11.8 Å². The molecule has 1 fully saturated rings. The van der Waals surface area contributed by atoms with Gasteiger partial charge < -0.3 is 5.32 Å². The van der Waals surface area contributed by atoms with Crippen molar-refractivity contribution >= 4 is 0 Å². The van der Waals surface area contributed by atoms with Crippen molar-refractivity contribution in [2.24, 2.45) is 5.92 Å². The van der Waals surface area contributed by atoms with E-state index in [0.717, 1.165) is 18.5 Å². The molecule has 1 aromatic rings. The van der Waals surface area contributed by atoms with Gasteiger partial charge in [0, 0.05) is 6.04 Å². The van der Waals surface area contributed by atoms with Gasteiger partial charge in [-0.25, -0.2) is 0 Å². The van der Waals surface area contributed by atoms with Gasteiger partial charge in [0.25, 0.3) is 0 Å². The van der Waals surface area contributed by atoms with Crippen molar-refractivity contribution in [3.63, 3.8) is 0 Å². The van der Waals surface area contributed by atoms with Crippen LogP contribution in [0, 0.1) is 5.92 Å². The Balaban J connectivity index is 1.93. The van der Waals surface area contributed by atoms with Crippen molar-refractivity contribution in [2.45, 2.75) is 71.3 Å². The van der Waals surface area contributed by atoms with Crippen LogP contribution in [0.25, 0.3) is 0 Å². The smallest absolute Gasteiger partial charge is 0.00697 e. The van der Waals surface area contributed by atoms with Gasteiger partial charge in [0.1, 0.15) is 0 Å². The number of rotatable bonds is 4. The molecule has 20 heavy (non-hydrogen) atoms. The highest BCUT2D eigenvalue weighted by Crippen LogP contribution is 2.28. The molecule has 1 aliphatic rings. The van der Waals surface area contributed by atoms with Crippen LogP contribution in [0.4, 0.5) is 0 Å². The Labute approximate surface area is 125 Å². The van der Waals surface area contributed by atoms with Crippen molar-refractivity contribution in [3.8, 4) is 0 Å². The van der Waals surface area contributed by atoms with Crippen LogP contribution >= 0.6 is 0 Å². The van der Waals surface area contributed by atoms with Crippen LogP contribution < -0.4 is 5.32 Å². The standard InChI is InChI=1S/C19H31N/c1-5-20-18-8-6-7-16(14-18)13-15-9-11-17(12-10-15)19(2,3)4/h9-12,16,18,20H,5-8,13-14H2,1-4H3. The van der Waals surface area contributed by atoms with E-state index < -0.39 is 0 Å². The van der Waals surface area contributed by atoms with Gasteiger partial charge in [-0.05, 0) is 48.3 Å². The Morgan fingerprint density at radius 3 is 2.40 bits per heavy atom. The fourth-order valence-corrected chi connectivity index (χ4v) is 3.42. The summed E-state index contributed by atoms with van der Waals surface area (Å²) in [7, 11) is 0. The third kappa shape index (κ3) is 4.34. The van der Waals surface area contributed by atoms with Gasteiger partial charge in [-0.2, -0.15) is 0 Å². The highest BCUT2D eigenvalue weighted by atomic mass is 14.9. The van der Waals surface area contributed by atoms with Crippen LogP contribution in [0.15, 0.2) is 24.3 Å². The van der Waals surface area contributed by atoms with Crippen LogP contribution in [0.2, 0.25) is 0 Å². The van der Waals surface area contributed by atoms with Crippen molar-refractivity contribution in [1.82, 2.24) is 5.32 Å². The van der Waals surface area contributed by atoms with Gasteiger partial charge in [-0.15, -0.1) is 0 Å². The molecule has 2 atom stereocenters. The van der Waals surface area contributed by atoms with Crippen LogP contribution in [-0.4, -0.2) is 12.6 Å². The van der Waals surface area contributed by atoms with E-state index >= 15 is 0 Å². The minimum Gasteiger partial charge on any atom is -0.314 e. The summed E-state index contributed by atoms with van der Waals surface area (Å²) in [5.74, 6) is 0.869. The molecular weight excluding hydrogens is 242 g/mol. The molecule has 1 N–H and O–H groups in total. The van der Waals surface area contributed by atoms with E-state index in [4.69, 9.17) is 0 Å². The molecule has 112 valence electrons. The first-order valence-electron chi connectivity index (χ1n) is 8.32. The summed E-state index contributed by atoms with van der Waals surface area (Å²) in [5, 5.41) is 3.63. The maximum absolute atomic E-state index is 3.63. The first-order valence-corrected chi connectivity index (χ1v) is 8.32. The predicted molar refractivity (Wildman–Crippen MR) is 88.3 cm³/mol. The van der Waals surface area contributed by atoms with E-state index in [1.165, 1.54) is 43.2 Å². The molecule has 1 aliphatic carbocycles. The summed E-state index contributed by atoms with van der Waals surface area (Å²) < 4.78 is 0. The molecule has 0 amide bonds. The van der Waals surface area contributed by atoms with Crippen LogP contribution in [0.5, 0.6) is 0 Å². The topological polar surface area (TPSA) is 12.0 Å². The first kappa shape index (κ1) is 15.6. The molecule has 0 heterocycles. The third-order valence-electron chi connectivity index (χ3n) is 4.62. The normalized spacial score (nSPS) is 23.8. The lowest BCUT2D eigenvalue weighted by molar-refractivity contribution is 0.287. The Morgan fingerprint density at radius 1 is 1.10 bits per heavy atom. The molecule has 1 heteroatoms. The van der Waals surface area contributed by atoms with Gasteiger partial charge in [0.15, 0.2) is 0 Å². The van der Waals surface area contributed by atoms with Gasteiger partial charge >= 0.3 is 0 Å². The zero-order valence-corrected chi connectivity index (χ0v) is 13.7. The molecule has 0 radical (unpaired) electrons. The van der Waals surface area contributed by atoms with E-state index in [1.807, 2.05) is 0 Å². The van der Waals surface area contributed by atoms with E-state index in [0.29, 0.717) is 0 Å². The SMILES string of the molecule is CCNC1CCCC(Cc2ccc(C(C)(C)C)cc2)C1. The van der Waals surface area contributed by atoms with Crippen molar-refractivity contribution in [1.29, 1.82) is 0 Å². The number of benzene rings is 1. The lowest BCUT2D eigenvalue weighted by atomic mass is 9.81. The second-order valence-corrected chi connectivity index (χ2v) is 7.44. The van der Waals surface area contributed by atoms with Gasteiger partial charge in [0.05, 0.1) is 0 Å². The van der Waals surface area contributed by atoms with E-state index in [1.54, 1.807) is 0 Å². The fourth-order valence-electron chi connectivity index (χ4n) is 3.42. The minimum atomic E-state index is 0.263. The molecule has 0 saturated heterocycles. The summed E-state index contributed by atoms with van der Waals surface area (Å²) in [6, 6.07) is 10.1. The highest BCUT2D eigenvalue weighted by Gasteiger charge is 2.21. The quantitative estimate of drug-likeness (QED) is 0.839. The number of nitrogens with one attached hydrogen (secondary N) is 1. The Kier molecular flexibility index (Phi) is 5.26. The largest absolute Gasteiger partial charge is 0.314 e. The molecule has 1 saturated carbocycles. The number of hydrogen-bond acceptors (Lipinski definition) is 1. The number of hydrogen-bond donors (Lipinski definition) is 1. The molecule has 0 aromatic heterocycles. The van der Waals surface area contributed by atoms with Crippen molar-refractivity contribution < 1.29 is 0 Å². The fraction of sp³-hybridized carbons (Fsp3) is 0.684. The summed E-state index contributed by atoms with van der Waals surface area (Å²) >= 11 is 0. The Bertz CT molecular complexity index is 397. The molecule has 0 aliphatic heterocycles. The molecular formula is C19H31N. The molecule has 1 nitrogen and oxygen atoms in total. The molecule has 1 aromatic carbocycles. The van der Waals surface area contributed by atoms with Crippen molar-refractivity contribution in [3.05, 3.63) is 35.4 Å². The maximum Gasteiger partial charge on any atom is 0.00697 e. The maximum atomic E-state index is 3.63. The van der Waals surface area contributed by atoms with E-state index in [9.17, 15) is 0 Å². The molecule has 0 bridgehead atoms. The minimum absolute atomic E-state index is 0.263. The lowest BCUT2D eigenvalue weighted by Crippen LogP contribution is -2.34. The summed E-state index contributed by atoms with van der Waals surface area (Å²) in [4.78, 5) is 0. The molecule has 2 rings (SSSR count). The lowest BCUT2D eigenvalue weighted by Gasteiger charge is -2.30. The third-order valence-corrected chi connectivity index (χ3v) is 4.62. The monoisotopic (exact) mass is 273 g/mol. The molecule has 0 spiro atoms. The van der Waals surface area contributed by atoms with Crippen molar-refractivity contribution in [2.75, 3.05) is 6.54 Å². The second kappa shape index (κ2) is 6.76. The predicted octanol–water partition coefficient (Wildman–Crippen LogP) is 4.69. The van der Waals surface area contributed by atoms with E-state index in [2.05, 4.69) is 57.3 Å². The van der Waals surface area contributed by atoms with Gasteiger partial charge in [-0.1, -0.05) is 64.8 Å². The summed E-state index contributed by atoms with van der Waals surface area (Å²) in [6.07, 6.45) is 6.78. The Hall–Kier alpha value is -0.820. The summed E-state index contributed by atoms with van der Waals surface area (Å²) in [6.45, 7) is 10.2. The zero-order valence-electron chi connectivity index (χ0n) is 13.7. The van der Waals surface area contributed by atoms with Gasteiger partial charge in [-0.3, -0.25) is 0 Å². The average molecular weight is 273 g/mol. The Morgan fingerprint density at radius 2 is 1.80 bits per heavy atom. The van der Waals surface area contributed by atoms with Crippen LogP contribution in [0.1, 0.15) is 64.5 Å². The average Bonchev–Trinajstić information content (AvgIpc) is 2.39. The summed E-state index contributed by atoms with van der Waals surface area (Å²) in [5.41, 5.74) is 3.22.